The maximum Gasteiger partial charge on any atom is 0.368 e. The van der Waals surface area contributed by atoms with Crippen LogP contribution in [0.15, 0.2) is 69.6 Å². The number of rotatable bonds is 0. The average Bonchev–Trinajstić information content (AvgIpc) is 2.89. The number of nitrogens with zero attached hydrogens (tertiary/aromatic N) is 3. The number of carbonyl (C=O) groups is 1. The summed E-state index contributed by atoms with van der Waals surface area (Å²) in [6.45, 7) is 0. The number of hydrogen-bond acceptors (Lipinski definition) is 3. The number of amides is 2. The Morgan fingerprint density at radius 1 is 0.905 bits per heavy atom. The standard InChI is InChI=1S/C10H5N3O.C5H5NO/c14-10-12-8-4-3-7-6(9(8)13-10)2-1-5-11-7;7-5-3-1-2-4-6-5/h1-5H;1-4H,(H,6,7). The molecular weight excluding hydrogens is 268 g/mol. The number of H-pyrrole nitrogens is 1. The highest BCUT2D eigenvalue weighted by molar-refractivity contribution is 5.83. The first kappa shape index (κ1) is 12.9. The zero-order chi connectivity index (χ0) is 14.7. The first-order chi connectivity index (χ1) is 10.2. The van der Waals surface area contributed by atoms with Crippen molar-refractivity contribution in [2.75, 3.05) is 0 Å². The monoisotopic (exact) mass is 278 g/mol. The summed E-state index contributed by atoms with van der Waals surface area (Å²) in [6, 6.07) is 11.8. The van der Waals surface area contributed by atoms with Crippen LogP contribution >= 0.6 is 0 Å². The van der Waals surface area contributed by atoms with Crippen molar-refractivity contribution >= 4 is 16.9 Å². The summed E-state index contributed by atoms with van der Waals surface area (Å²) >= 11 is 0. The lowest BCUT2D eigenvalue weighted by atomic mass is 10.2. The molecule has 6 nitrogen and oxygen atoms in total. The van der Waals surface area contributed by atoms with Gasteiger partial charge in [0.05, 0.1) is 10.9 Å². The van der Waals surface area contributed by atoms with Crippen molar-refractivity contribution in [3.63, 3.8) is 0 Å². The maximum absolute atomic E-state index is 11.0. The number of urea groups is 1. The molecule has 4 rings (SSSR count). The second kappa shape index (κ2) is 5.46. The van der Waals surface area contributed by atoms with Crippen molar-refractivity contribution in [1.82, 2.24) is 9.97 Å². The van der Waals surface area contributed by atoms with E-state index in [2.05, 4.69) is 20.0 Å². The Balaban J connectivity index is 0.000000160. The van der Waals surface area contributed by atoms with Gasteiger partial charge in [0.25, 0.3) is 0 Å². The lowest BCUT2D eigenvalue weighted by Gasteiger charge is -1.92. The van der Waals surface area contributed by atoms with Gasteiger partial charge >= 0.3 is 6.03 Å². The van der Waals surface area contributed by atoms with Crippen LogP contribution in [-0.2, 0) is 0 Å². The molecule has 1 aliphatic rings. The van der Waals surface area contributed by atoms with E-state index in [1.807, 2.05) is 18.2 Å². The second-order valence-corrected chi connectivity index (χ2v) is 4.24. The zero-order valence-electron chi connectivity index (χ0n) is 10.9. The molecule has 3 heterocycles. The number of hydrogen-bond donors (Lipinski definition) is 1. The van der Waals surface area contributed by atoms with Gasteiger partial charge in [-0.25, -0.2) is 4.79 Å². The first-order valence-corrected chi connectivity index (χ1v) is 6.23. The van der Waals surface area contributed by atoms with E-state index in [-0.39, 0.29) is 5.56 Å². The molecule has 1 aromatic carbocycles. The summed E-state index contributed by atoms with van der Waals surface area (Å²) in [6.07, 6.45) is 3.31. The Labute approximate surface area is 118 Å². The molecule has 2 amide bonds. The van der Waals surface area contributed by atoms with Gasteiger partial charge in [-0.15, -0.1) is 0 Å². The molecule has 0 bridgehead atoms. The highest BCUT2D eigenvalue weighted by Crippen LogP contribution is 2.03. The van der Waals surface area contributed by atoms with E-state index in [4.69, 9.17) is 0 Å². The lowest BCUT2D eigenvalue weighted by Crippen LogP contribution is -2.22. The number of aromatic nitrogens is 2. The molecular formula is C15H10N4O2. The molecule has 0 saturated carbocycles. The van der Waals surface area contributed by atoms with Crippen molar-refractivity contribution in [1.29, 1.82) is 0 Å². The van der Waals surface area contributed by atoms with Crippen LogP contribution in [0.2, 0.25) is 0 Å². The Morgan fingerprint density at radius 3 is 2.52 bits per heavy atom. The lowest BCUT2D eigenvalue weighted by molar-refractivity contribution is 0.257. The second-order valence-electron chi connectivity index (χ2n) is 4.24. The molecule has 0 aliphatic carbocycles. The van der Waals surface area contributed by atoms with Crippen molar-refractivity contribution in [3.05, 3.63) is 75.9 Å². The highest BCUT2D eigenvalue weighted by atomic mass is 16.2. The van der Waals surface area contributed by atoms with Crippen LogP contribution in [0.25, 0.3) is 10.9 Å². The molecule has 0 unspecified atom stereocenters. The molecule has 0 atom stereocenters. The van der Waals surface area contributed by atoms with Crippen LogP contribution in [0.1, 0.15) is 0 Å². The SMILES string of the molecule is O=C1N=c2ccc3ncccc3c2=N1.O=c1cccc[nH]1. The van der Waals surface area contributed by atoms with Gasteiger partial charge in [-0.3, -0.25) is 9.78 Å². The molecule has 21 heavy (non-hydrogen) atoms. The van der Waals surface area contributed by atoms with Crippen molar-refractivity contribution in [2.24, 2.45) is 9.98 Å². The number of nitrogens with one attached hydrogen (secondary N) is 1. The number of benzene rings is 1. The summed E-state index contributed by atoms with van der Waals surface area (Å²) < 4.78 is 0. The third-order valence-corrected chi connectivity index (χ3v) is 2.84. The Hall–Kier alpha value is -3.15. The van der Waals surface area contributed by atoms with Crippen LogP contribution in [-0.4, -0.2) is 16.0 Å². The predicted molar refractivity (Wildman–Crippen MR) is 76.5 cm³/mol. The fraction of sp³-hybridized carbons (Fsp3) is 0. The summed E-state index contributed by atoms with van der Waals surface area (Å²) in [4.78, 5) is 35.5. The average molecular weight is 278 g/mol. The first-order valence-electron chi connectivity index (χ1n) is 6.23. The smallest absolute Gasteiger partial charge is 0.329 e. The van der Waals surface area contributed by atoms with Gasteiger partial charge in [0.2, 0.25) is 5.56 Å². The van der Waals surface area contributed by atoms with Gasteiger partial charge in [-0.1, -0.05) is 6.07 Å². The fourth-order valence-corrected chi connectivity index (χ4v) is 1.93. The quantitative estimate of drug-likeness (QED) is 0.665. The maximum atomic E-state index is 11.0. The number of pyridine rings is 2. The third kappa shape index (κ3) is 2.74. The van der Waals surface area contributed by atoms with Gasteiger partial charge in [0, 0.05) is 23.8 Å². The number of carbonyl (C=O) groups excluding carboxylic acids is 1. The highest BCUT2D eigenvalue weighted by Gasteiger charge is 2.07. The zero-order valence-corrected chi connectivity index (χ0v) is 10.9. The van der Waals surface area contributed by atoms with Crippen molar-refractivity contribution in [3.8, 4) is 0 Å². The molecule has 0 radical (unpaired) electrons. The molecule has 0 saturated heterocycles. The minimum Gasteiger partial charge on any atom is -0.329 e. The van der Waals surface area contributed by atoms with Crippen LogP contribution in [0, 0.1) is 0 Å². The van der Waals surface area contributed by atoms with Gasteiger partial charge < -0.3 is 4.98 Å². The normalized spacial score (nSPS) is 11.9. The number of aromatic amines is 1. The molecule has 1 N–H and O–H groups in total. The summed E-state index contributed by atoms with van der Waals surface area (Å²) in [5, 5.41) is 2.15. The van der Waals surface area contributed by atoms with Crippen LogP contribution in [0.3, 0.4) is 0 Å². The molecule has 1 aliphatic heterocycles. The van der Waals surface area contributed by atoms with Gasteiger partial charge in [-0.05, 0) is 30.3 Å². The van der Waals surface area contributed by atoms with E-state index in [1.165, 1.54) is 6.07 Å². The number of fused-ring (bicyclic) bond motifs is 3. The van der Waals surface area contributed by atoms with E-state index in [0.29, 0.717) is 10.7 Å². The molecule has 2 aromatic heterocycles. The third-order valence-electron chi connectivity index (χ3n) is 2.84. The Morgan fingerprint density at radius 2 is 1.81 bits per heavy atom. The van der Waals surface area contributed by atoms with E-state index in [0.717, 1.165) is 10.9 Å². The topological polar surface area (TPSA) is 87.5 Å². The molecule has 6 heteroatoms. The Kier molecular flexibility index (Phi) is 3.34. The van der Waals surface area contributed by atoms with Crippen molar-refractivity contribution in [2.45, 2.75) is 0 Å². The fourth-order valence-electron chi connectivity index (χ4n) is 1.93. The summed E-state index contributed by atoms with van der Waals surface area (Å²) in [7, 11) is 0. The summed E-state index contributed by atoms with van der Waals surface area (Å²) in [5.41, 5.74) is 0.780. The largest absolute Gasteiger partial charge is 0.368 e. The van der Waals surface area contributed by atoms with Gasteiger partial charge in [-0.2, -0.15) is 9.98 Å². The van der Waals surface area contributed by atoms with Crippen LogP contribution in [0.5, 0.6) is 0 Å². The Bertz CT molecular complexity index is 975. The minimum absolute atomic E-state index is 0.0532. The van der Waals surface area contributed by atoms with Crippen molar-refractivity contribution < 1.29 is 4.79 Å². The van der Waals surface area contributed by atoms with Gasteiger partial charge in [0.1, 0.15) is 5.36 Å². The van der Waals surface area contributed by atoms with E-state index >= 15 is 0 Å². The molecule has 3 aromatic rings. The van der Waals surface area contributed by atoms with E-state index < -0.39 is 6.03 Å². The van der Waals surface area contributed by atoms with Gasteiger partial charge in [0.15, 0.2) is 0 Å². The van der Waals surface area contributed by atoms with Crippen LogP contribution in [0.4, 0.5) is 4.79 Å². The molecule has 0 fully saturated rings. The molecule has 102 valence electrons. The minimum atomic E-state index is -0.434. The summed E-state index contributed by atoms with van der Waals surface area (Å²) in [5.74, 6) is 0. The van der Waals surface area contributed by atoms with E-state index in [9.17, 15) is 9.59 Å². The predicted octanol–water partition coefficient (Wildman–Crippen LogP) is 0.982. The van der Waals surface area contributed by atoms with Crippen LogP contribution < -0.4 is 16.3 Å². The molecule has 0 spiro atoms. The van der Waals surface area contributed by atoms with E-state index in [1.54, 1.807) is 30.6 Å².